The van der Waals surface area contributed by atoms with Crippen LogP contribution < -0.4 is 0 Å². The lowest BCUT2D eigenvalue weighted by molar-refractivity contribution is -0.141. The Kier molecular flexibility index (Phi) is 7.58. The zero-order valence-electron chi connectivity index (χ0n) is 19.3. The zero-order valence-corrected chi connectivity index (χ0v) is 22.6. The fourth-order valence-corrected chi connectivity index (χ4v) is 6.17. The molecule has 2 fully saturated rings. The first-order chi connectivity index (χ1) is 16.2. The third-order valence-corrected chi connectivity index (χ3v) is 8.57. The van der Waals surface area contributed by atoms with Crippen molar-refractivity contribution < 1.29 is 13.2 Å². The topological polar surface area (TPSA) is 46.8 Å². The molecule has 0 radical (unpaired) electrons. The van der Waals surface area contributed by atoms with E-state index in [-0.39, 0.29) is 18.1 Å². The molecule has 1 saturated heterocycles. The number of halogens is 5. The summed E-state index contributed by atoms with van der Waals surface area (Å²) in [5.74, 6) is 2.20. The summed E-state index contributed by atoms with van der Waals surface area (Å²) in [4.78, 5) is 6.28. The number of benzene rings is 1. The maximum Gasteiger partial charge on any atom is 0.433 e. The van der Waals surface area contributed by atoms with Crippen molar-refractivity contribution in [3.63, 3.8) is 0 Å². The molecule has 1 aromatic carbocycles. The van der Waals surface area contributed by atoms with Gasteiger partial charge in [0.1, 0.15) is 5.69 Å². The molecule has 2 aliphatic rings. The number of nitrogens with zero attached hydrogens (tertiary/aromatic N) is 5. The highest BCUT2D eigenvalue weighted by molar-refractivity contribution is 9.10. The van der Waals surface area contributed by atoms with Crippen molar-refractivity contribution in [2.45, 2.75) is 36.5 Å². The molecule has 3 aromatic rings. The van der Waals surface area contributed by atoms with Gasteiger partial charge < -0.3 is 9.47 Å². The van der Waals surface area contributed by atoms with Gasteiger partial charge in [-0.25, -0.2) is 4.98 Å². The third kappa shape index (κ3) is 5.26. The van der Waals surface area contributed by atoms with Gasteiger partial charge in [0.15, 0.2) is 11.0 Å². The quantitative estimate of drug-likeness (QED) is 0.245. The number of pyridine rings is 1. The van der Waals surface area contributed by atoms with E-state index in [0.717, 1.165) is 53.4 Å². The van der Waals surface area contributed by atoms with Crippen molar-refractivity contribution in [3.05, 3.63) is 57.8 Å². The molecule has 5 rings (SSSR count). The predicted molar refractivity (Wildman–Crippen MR) is 137 cm³/mol. The van der Waals surface area contributed by atoms with Crippen LogP contribution in [-0.2, 0) is 18.6 Å². The number of likely N-dealkylation sites (tertiary alicyclic amines) is 1. The number of piperidine rings is 1. The minimum Gasteiger partial charge on any atom is -0.305 e. The van der Waals surface area contributed by atoms with E-state index in [2.05, 4.69) is 60.3 Å². The van der Waals surface area contributed by atoms with Crippen molar-refractivity contribution >= 4 is 40.1 Å². The molecule has 188 valence electrons. The maximum absolute atomic E-state index is 12.9. The molecule has 35 heavy (non-hydrogen) atoms. The van der Waals surface area contributed by atoms with Gasteiger partial charge in [0.25, 0.3) is 0 Å². The summed E-state index contributed by atoms with van der Waals surface area (Å²) in [5.41, 5.74) is 1.75. The summed E-state index contributed by atoms with van der Waals surface area (Å²) in [5, 5.41) is 9.23. The summed E-state index contributed by atoms with van der Waals surface area (Å²) in [6.07, 6.45) is -2.13. The van der Waals surface area contributed by atoms with Crippen LogP contribution in [0.4, 0.5) is 13.2 Å². The molecule has 0 amide bonds. The Bertz CT molecular complexity index is 1200. The van der Waals surface area contributed by atoms with Gasteiger partial charge in [0.2, 0.25) is 0 Å². The smallest absolute Gasteiger partial charge is 0.305 e. The molecule has 11 heteroatoms. The Morgan fingerprint density at radius 2 is 1.89 bits per heavy atom. The summed E-state index contributed by atoms with van der Waals surface area (Å²) >= 11 is 5.15. The predicted octanol–water partition coefficient (Wildman–Crippen LogP) is 6.14. The molecule has 0 spiro atoms. The Hall–Kier alpha value is -1.62. The molecule has 0 unspecified atom stereocenters. The van der Waals surface area contributed by atoms with E-state index in [1.807, 2.05) is 11.6 Å². The Morgan fingerprint density at radius 3 is 2.57 bits per heavy atom. The molecular weight excluding hydrogens is 563 g/mol. The van der Waals surface area contributed by atoms with E-state index in [9.17, 15) is 13.2 Å². The summed E-state index contributed by atoms with van der Waals surface area (Å²) in [7, 11) is 1.84. The van der Waals surface area contributed by atoms with Gasteiger partial charge in [0, 0.05) is 47.0 Å². The zero-order chi connectivity index (χ0) is 24.1. The van der Waals surface area contributed by atoms with Crippen molar-refractivity contribution in [1.82, 2.24) is 24.6 Å². The lowest BCUT2D eigenvalue weighted by atomic mass is 9.95. The van der Waals surface area contributed by atoms with Crippen molar-refractivity contribution in [3.8, 4) is 11.4 Å². The highest BCUT2D eigenvalue weighted by Gasteiger charge is 2.60. The fourth-order valence-electron chi connectivity index (χ4n) is 5.07. The van der Waals surface area contributed by atoms with E-state index in [0.29, 0.717) is 16.8 Å². The van der Waals surface area contributed by atoms with E-state index in [1.54, 1.807) is 18.7 Å². The molecular formula is C24H26BrClF3N5S. The molecule has 5 nitrogen and oxygen atoms in total. The van der Waals surface area contributed by atoms with Crippen LogP contribution in [0.25, 0.3) is 11.4 Å². The first-order valence-electron chi connectivity index (χ1n) is 11.2. The average molecular weight is 589 g/mol. The second-order valence-electron chi connectivity index (χ2n) is 9.19. The molecule has 0 bridgehead atoms. The third-order valence-electron chi connectivity index (χ3n) is 6.94. The van der Waals surface area contributed by atoms with Gasteiger partial charge in [0.05, 0.1) is 0 Å². The Morgan fingerprint density at radius 1 is 1.14 bits per heavy atom. The molecule has 0 N–H and O–H groups in total. The molecule has 1 aliphatic heterocycles. The van der Waals surface area contributed by atoms with Crippen LogP contribution in [0.3, 0.4) is 0 Å². The molecule has 2 aromatic heterocycles. The highest BCUT2D eigenvalue weighted by atomic mass is 79.9. The van der Waals surface area contributed by atoms with Gasteiger partial charge in [-0.2, -0.15) is 13.2 Å². The number of fused-ring (bicyclic) bond motifs is 1. The number of aromatic nitrogens is 4. The van der Waals surface area contributed by atoms with Crippen molar-refractivity contribution in [2.24, 2.45) is 13.0 Å². The summed E-state index contributed by atoms with van der Waals surface area (Å²) in [6, 6.07) is 11.2. The lowest BCUT2D eigenvalue weighted by Gasteiger charge is -2.21. The van der Waals surface area contributed by atoms with Crippen LogP contribution in [0.15, 0.2) is 46.0 Å². The minimum atomic E-state index is -4.46. The van der Waals surface area contributed by atoms with E-state index >= 15 is 0 Å². The van der Waals surface area contributed by atoms with E-state index < -0.39 is 11.9 Å². The first kappa shape index (κ1) is 26.4. The lowest BCUT2D eigenvalue weighted by Crippen LogP contribution is -2.27. The number of rotatable bonds is 7. The second-order valence-corrected chi connectivity index (χ2v) is 11.2. The summed E-state index contributed by atoms with van der Waals surface area (Å²) in [6.45, 7) is 4.90. The molecule has 2 atom stereocenters. The summed E-state index contributed by atoms with van der Waals surface area (Å²) < 4.78 is 41.7. The van der Waals surface area contributed by atoms with Gasteiger partial charge in [-0.3, -0.25) is 0 Å². The van der Waals surface area contributed by atoms with Crippen LogP contribution >= 0.6 is 40.1 Å². The Labute approximate surface area is 221 Å². The van der Waals surface area contributed by atoms with Crippen LogP contribution in [0.1, 0.15) is 29.8 Å². The molecule has 1 saturated carbocycles. The maximum atomic E-state index is 12.9. The Balaban J connectivity index is 0.00000289. The van der Waals surface area contributed by atoms with Crippen molar-refractivity contribution in [2.75, 3.05) is 25.4 Å². The monoisotopic (exact) mass is 587 g/mol. The van der Waals surface area contributed by atoms with E-state index in [1.165, 1.54) is 18.1 Å². The van der Waals surface area contributed by atoms with Gasteiger partial charge in [-0.05, 0) is 62.1 Å². The van der Waals surface area contributed by atoms with Crippen LogP contribution in [0, 0.1) is 12.8 Å². The van der Waals surface area contributed by atoms with Crippen LogP contribution in [0.5, 0.6) is 0 Å². The minimum absolute atomic E-state index is 0. The number of hydrogen-bond donors (Lipinski definition) is 0. The highest BCUT2D eigenvalue weighted by Crippen LogP contribution is 2.59. The van der Waals surface area contributed by atoms with Gasteiger partial charge in [-0.15, -0.1) is 22.6 Å². The second kappa shape index (κ2) is 10.0. The SMILES string of the molecule is Cc1nc(C(F)(F)F)ccc1-c1nnc(SCCCN2C[C@H]3C[C@@]3(c3ccc(Br)cc3)C2)n1C.Cl. The fraction of sp³-hybridized carbons (Fsp3) is 0.458. The number of hydrogen-bond acceptors (Lipinski definition) is 5. The van der Waals surface area contributed by atoms with Crippen LogP contribution in [-0.4, -0.2) is 50.0 Å². The number of aryl methyl sites for hydroxylation is 1. The first-order valence-corrected chi connectivity index (χ1v) is 13.0. The molecule has 3 heterocycles. The standard InChI is InChI=1S/C24H25BrF3N5S.ClH/c1-15-19(8-9-20(29-15)24(26,27)28)21-30-31-22(32(21)2)34-11-3-10-33-13-17-12-23(17,14-33)16-4-6-18(25)7-5-16;/h4-9,17H,3,10-14H2,1-2H3;1H/t17-,23+;/m1./s1. The number of thioether (sulfide) groups is 1. The van der Waals surface area contributed by atoms with Gasteiger partial charge in [-0.1, -0.05) is 39.8 Å². The van der Waals surface area contributed by atoms with E-state index in [4.69, 9.17) is 0 Å². The average Bonchev–Trinajstić information content (AvgIpc) is 3.16. The van der Waals surface area contributed by atoms with Gasteiger partial charge >= 0.3 is 6.18 Å². The number of alkyl halides is 3. The van der Waals surface area contributed by atoms with Crippen LogP contribution in [0.2, 0.25) is 0 Å². The van der Waals surface area contributed by atoms with Crippen molar-refractivity contribution in [1.29, 1.82) is 0 Å². The normalized spacial score (nSPS) is 21.6. The largest absolute Gasteiger partial charge is 0.433 e. The molecule has 1 aliphatic carbocycles.